The second-order valence-electron chi connectivity index (χ2n) is 9.01. The van der Waals surface area contributed by atoms with Crippen molar-refractivity contribution in [2.45, 2.75) is 38.9 Å². The summed E-state index contributed by atoms with van der Waals surface area (Å²) in [7, 11) is 1.90. The van der Waals surface area contributed by atoms with E-state index in [9.17, 15) is 5.11 Å². The summed E-state index contributed by atoms with van der Waals surface area (Å²) in [6.07, 6.45) is 6.54. The molecule has 4 heterocycles. The van der Waals surface area contributed by atoms with Gasteiger partial charge in [0.15, 0.2) is 11.6 Å². The highest BCUT2D eigenvalue weighted by Gasteiger charge is 2.41. The number of aliphatic hydroxyl groups is 1. The molecule has 1 atom stereocenters. The highest BCUT2D eigenvalue weighted by Crippen LogP contribution is 2.42. The minimum absolute atomic E-state index is 0.210. The Bertz CT molecular complexity index is 1150. The van der Waals surface area contributed by atoms with E-state index >= 15 is 0 Å². The van der Waals surface area contributed by atoms with Crippen LogP contribution in [0.3, 0.4) is 0 Å². The Morgan fingerprint density at radius 1 is 1.31 bits per heavy atom. The molecular formula is C23H29N7O2. The lowest BCUT2D eigenvalue weighted by Gasteiger charge is -2.39. The van der Waals surface area contributed by atoms with Crippen LogP contribution < -0.4 is 10.2 Å². The Morgan fingerprint density at radius 2 is 2.12 bits per heavy atom. The van der Waals surface area contributed by atoms with Gasteiger partial charge in [-0.2, -0.15) is 5.10 Å². The van der Waals surface area contributed by atoms with Gasteiger partial charge in [-0.25, -0.2) is 9.97 Å². The summed E-state index contributed by atoms with van der Waals surface area (Å²) in [6, 6.07) is 5.92. The van der Waals surface area contributed by atoms with Gasteiger partial charge in [0.2, 0.25) is 0 Å². The number of rotatable bonds is 5. The average Bonchev–Trinajstić information content (AvgIpc) is 3.36. The third-order valence-electron chi connectivity index (χ3n) is 6.79. The van der Waals surface area contributed by atoms with Crippen molar-refractivity contribution in [3.63, 3.8) is 0 Å². The normalized spacial score (nSPS) is 20.2. The van der Waals surface area contributed by atoms with Crippen molar-refractivity contribution in [3.8, 4) is 0 Å². The molecule has 32 heavy (non-hydrogen) atoms. The largest absolute Gasteiger partial charge is 0.390 e. The summed E-state index contributed by atoms with van der Waals surface area (Å²) >= 11 is 0. The third kappa shape index (κ3) is 3.71. The average molecular weight is 436 g/mol. The first-order chi connectivity index (χ1) is 15.5. The molecule has 0 saturated carbocycles. The molecule has 9 nitrogen and oxygen atoms in total. The summed E-state index contributed by atoms with van der Waals surface area (Å²) < 4.78 is 7.65. The lowest BCUT2D eigenvalue weighted by molar-refractivity contribution is 0.0975. The number of ether oxygens (including phenoxy) is 1. The third-order valence-corrected chi connectivity index (χ3v) is 6.79. The predicted molar refractivity (Wildman–Crippen MR) is 124 cm³/mol. The van der Waals surface area contributed by atoms with Crippen LogP contribution in [-0.2, 0) is 18.4 Å². The van der Waals surface area contributed by atoms with Crippen LogP contribution in [0.4, 0.5) is 17.3 Å². The summed E-state index contributed by atoms with van der Waals surface area (Å²) in [5.41, 5.74) is 3.04. The fraction of sp³-hybridized carbons (Fsp3) is 0.478. The SMILES string of the molecule is C[C@H]1CC2(CCN(c3nc(C=N)c(Nc4ccc5cnn(C)c5c4)nc3CO)CC2)CO1. The van der Waals surface area contributed by atoms with Crippen molar-refractivity contribution in [2.24, 2.45) is 12.5 Å². The van der Waals surface area contributed by atoms with E-state index in [4.69, 9.17) is 15.1 Å². The van der Waals surface area contributed by atoms with E-state index in [0.717, 1.165) is 55.5 Å². The fourth-order valence-corrected chi connectivity index (χ4v) is 4.97. The molecule has 2 saturated heterocycles. The Hall–Kier alpha value is -3.04. The topological polar surface area (TPSA) is 112 Å². The minimum Gasteiger partial charge on any atom is -0.390 e. The van der Waals surface area contributed by atoms with Crippen LogP contribution >= 0.6 is 0 Å². The van der Waals surface area contributed by atoms with Gasteiger partial charge >= 0.3 is 0 Å². The van der Waals surface area contributed by atoms with E-state index in [1.807, 2.05) is 36.1 Å². The van der Waals surface area contributed by atoms with Gasteiger partial charge in [0.05, 0.1) is 31.0 Å². The lowest BCUT2D eigenvalue weighted by Crippen LogP contribution is -2.41. The van der Waals surface area contributed by atoms with Crippen molar-refractivity contribution in [1.29, 1.82) is 5.41 Å². The first kappa shape index (κ1) is 20.8. The zero-order valence-electron chi connectivity index (χ0n) is 18.5. The standard InChI is InChI=1S/C23H29N7O2/c1-15-10-23(14-32-15)5-7-30(8-6-23)22-19(13-31)27-21(18(11-24)28-22)26-17-4-3-16-12-25-29(2)20(16)9-17/h3-4,9,11-12,15,24,31H,5-8,10,13-14H2,1-2H3,(H,26,27)/t15-/m0/s1. The Labute approximate surface area is 186 Å². The van der Waals surface area contributed by atoms with E-state index in [1.165, 1.54) is 6.21 Å². The molecule has 2 aliphatic heterocycles. The number of aryl methyl sites for hydroxylation is 1. The molecule has 3 N–H and O–H groups in total. The molecule has 1 spiro atoms. The van der Waals surface area contributed by atoms with Crippen LogP contribution in [0.1, 0.15) is 37.6 Å². The first-order valence-corrected chi connectivity index (χ1v) is 11.1. The number of aliphatic hydroxyl groups excluding tert-OH is 1. The second kappa shape index (κ2) is 8.14. The monoisotopic (exact) mass is 435 g/mol. The van der Waals surface area contributed by atoms with Gasteiger partial charge < -0.3 is 25.5 Å². The number of aromatic nitrogens is 4. The Morgan fingerprint density at radius 3 is 2.81 bits per heavy atom. The van der Waals surface area contributed by atoms with E-state index < -0.39 is 0 Å². The molecule has 0 bridgehead atoms. The van der Waals surface area contributed by atoms with Crippen molar-refractivity contribution >= 4 is 34.4 Å². The number of hydrogen-bond acceptors (Lipinski definition) is 8. The highest BCUT2D eigenvalue weighted by molar-refractivity contribution is 5.87. The van der Waals surface area contributed by atoms with Gasteiger partial charge in [0.25, 0.3) is 0 Å². The number of piperidine rings is 1. The van der Waals surface area contributed by atoms with Crippen LogP contribution in [0.25, 0.3) is 10.9 Å². The predicted octanol–water partition coefficient (Wildman–Crippen LogP) is 2.99. The van der Waals surface area contributed by atoms with Crippen LogP contribution in [0.2, 0.25) is 0 Å². The van der Waals surface area contributed by atoms with E-state index in [2.05, 4.69) is 27.2 Å². The van der Waals surface area contributed by atoms with Crippen molar-refractivity contribution < 1.29 is 9.84 Å². The maximum Gasteiger partial charge on any atom is 0.158 e. The summed E-state index contributed by atoms with van der Waals surface area (Å²) in [4.78, 5) is 11.6. The summed E-state index contributed by atoms with van der Waals surface area (Å²) in [5.74, 6) is 1.13. The van der Waals surface area contributed by atoms with E-state index in [-0.39, 0.29) is 12.0 Å². The molecule has 1 aromatic carbocycles. The molecule has 168 valence electrons. The second-order valence-corrected chi connectivity index (χ2v) is 9.01. The van der Waals surface area contributed by atoms with Crippen molar-refractivity contribution in [3.05, 3.63) is 35.8 Å². The number of hydrogen-bond donors (Lipinski definition) is 3. The molecule has 5 rings (SSSR count). The molecule has 2 aromatic heterocycles. The maximum absolute atomic E-state index is 10.0. The molecule has 0 radical (unpaired) electrons. The molecule has 3 aromatic rings. The van der Waals surface area contributed by atoms with Crippen LogP contribution in [0.5, 0.6) is 0 Å². The van der Waals surface area contributed by atoms with Crippen molar-refractivity contribution in [2.75, 3.05) is 29.9 Å². The molecular weight excluding hydrogens is 406 g/mol. The van der Waals surface area contributed by atoms with E-state index in [0.29, 0.717) is 29.1 Å². The van der Waals surface area contributed by atoms with Crippen LogP contribution in [-0.4, -0.2) is 56.9 Å². The van der Waals surface area contributed by atoms with Gasteiger partial charge in [-0.05, 0) is 49.8 Å². The molecule has 0 unspecified atom stereocenters. The quantitative estimate of drug-likeness (QED) is 0.528. The summed E-state index contributed by atoms with van der Waals surface area (Å²) in [6.45, 7) is 4.46. The molecule has 2 aliphatic rings. The maximum atomic E-state index is 10.0. The zero-order valence-corrected chi connectivity index (χ0v) is 18.5. The van der Waals surface area contributed by atoms with Gasteiger partial charge in [-0.15, -0.1) is 0 Å². The van der Waals surface area contributed by atoms with Gasteiger partial charge in [0, 0.05) is 37.4 Å². The van der Waals surface area contributed by atoms with Gasteiger partial charge in [-0.1, -0.05) is 0 Å². The number of nitrogens with one attached hydrogen (secondary N) is 2. The lowest BCUT2D eigenvalue weighted by atomic mass is 9.77. The first-order valence-electron chi connectivity index (χ1n) is 11.1. The number of anilines is 3. The zero-order chi connectivity index (χ0) is 22.3. The molecule has 0 aliphatic carbocycles. The molecule has 2 fully saturated rings. The molecule has 9 heteroatoms. The fourth-order valence-electron chi connectivity index (χ4n) is 4.97. The Kier molecular flexibility index (Phi) is 5.30. The van der Waals surface area contributed by atoms with Gasteiger partial charge in [-0.3, -0.25) is 4.68 Å². The van der Waals surface area contributed by atoms with Crippen molar-refractivity contribution in [1.82, 2.24) is 19.7 Å². The minimum atomic E-state index is -0.210. The number of nitrogens with zero attached hydrogens (tertiary/aromatic N) is 5. The number of benzene rings is 1. The van der Waals surface area contributed by atoms with E-state index in [1.54, 1.807) is 0 Å². The van der Waals surface area contributed by atoms with Crippen LogP contribution in [0, 0.1) is 10.8 Å². The van der Waals surface area contributed by atoms with Crippen LogP contribution in [0.15, 0.2) is 24.4 Å². The Balaban J connectivity index is 1.40. The highest BCUT2D eigenvalue weighted by atomic mass is 16.5. The smallest absolute Gasteiger partial charge is 0.158 e. The van der Waals surface area contributed by atoms with Gasteiger partial charge in [0.1, 0.15) is 11.4 Å². The molecule has 0 amide bonds. The summed E-state index contributed by atoms with van der Waals surface area (Å²) in [5, 5.41) is 26.5. The number of fused-ring (bicyclic) bond motifs is 1.